The van der Waals surface area contributed by atoms with Crippen molar-refractivity contribution in [1.82, 2.24) is 19.4 Å². The molecule has 1 aromatic carbocycles. The molecule has 0 bridgehead atoms. The molecule has 0 amide bonds. The first-order chi connectivity index (χ1) is 11.8. The summed E-state index contributed by atoms with van der Waals surface area (Å²) >= 11 is 0. The number of hydrogen-bond donors (Lipinski definition) is 1. The van der Waals surface area contributed by atoms with Crippen LogP contribution in [0.1, 0.15) is 23.0 Å². The molecule has 1 N–H and O–H groups in total. The van der Waals surface area contributed by atoms with Gasteiger partial charge in [0.2, 0.25) is 10.0 Å². The van der Waals surface area contributed by atoms with E-state index in [1.807, 2.05) is 31.3 Å². The number of sulfonamides is 1. The molecular weight excluding hydrogens is 340 g/mol. The zero-order chi connectivity index (χ0) is 18.2. The first-order valence-corrected chi connectivity index (χ1v) is 9.64. The lowest BCUT2D eigenvalue weighted by Gasteiger charge is -2.39. The molecule has 0 spiro atoms. The van der Waals surface area contributed by atoms with Crippen molar-refractivity contribution in [3.8, 4) is 5.75 Å². The molecule has 1 saturated heterocycles. The van der Waals surface area contributed by atoms with Crippen LogP contribution < -0.4 is 4.74 Å². The SMILES string of the molecule is COc1cccc(C2CN(S(=O)(=O)c3c(C)n[nH]c3C)CCN2C)c1. The third-order valence-corrected chi connectivity index (χ3v) is 6.88. The van der Waals surface area contributed by atoms with Crippen molar-refractivity contribution >= 4 is 10.0 Å². The molecule has 8 heteroatoms. The molecule has 2 aromatic rings. The van der Waals surface area contributed by atoms with Gasteiger partial charge in [-0.15, -0.1) is 0 Å². The summed E-state index contributed by atoms with van der Waals surface area (Å²) < 4.78 is 33.1. The Morgan fingerprint density at radius 1 is 1.28 bits per heavy atom. The van der Waals surface area contributed by atoms with E-state index in [0.717, 1.165) is 11.3 Å². The van der Waals surface area contributed by atoms with Crippen LogP contribution in [0.25, 0.3) is 0 Å². The number of ether oxygens (including phenoxy) is 1. The summed E-state index contributed by atoms with van der Waals surface area (Å²) in [5.74, 6) is 0.771. The van der Waals surface area contributed by atoms with Gasteiger partial charge < -0.3 is 4.74 Å². The molecular formula is C17H24N4O3S. The van der Waals surface area contributed by atoms with Crippen LogP contribution in [0.4, 0.5) is 0 Å². The number of aromatic amines is 1. The van der Waals surface area contributed by atoms with Crippen LogP contribution in [0.15, 0.2) is 29.2 Å². The van der Waals surface area contributed by atoms with Crippen molar-refractivity contribution in [2.45, 2.75) is 24.8 Å². The number of hydrogen-bond acceptors (Lipinski definition) is 5. The van der Waals surface area contributed by atoms with Gasteiger partial charge in [-0.25, -0.2) is 8.42 Å². The van der Waals surface area contributed by atoms with E-state index in [9.17, 15) is 8.42 Å². The first kappa shape index (κ1) is 17.9. The molecule has 1 atom stereocenters. The number of aryl methyl sites for hydroxylation is 2. The second-order valence-corrected chi connectivity index (χ2v) is 8.27. The quantitative estimate of drug-likeness (QED) is 0.894. The minimum absolute atomic E-state index is 0.0221. The van der Waals surface area contributed by atoms with E-state index in [0.29, 0.717) is 35.9 Å². The summed E-state index contributed by atoms with van der Waals surface area (Å²) in [5.41, 5.74) is 2.13. The van der Waals surface area contributed by atoms with Gasteiger partial charge in [-0.1, -0.05) is 12.1 Å². The molecule has 1 unspecified atom stereocenters. The van der Waals surface area contributed by atoms with Crippen molar-refractivity contribution in [1.29, 1.82) is 0 Å². The molecule has 25 heavy (non-hydrogen) atoms. The zero-order valence-corrected chi connectivity index (χ0v) is 15.8. The second-order valence-electron chi connectivity index (χ2n) is 6.40. The molecule has 7 nitrogen and oxygen atoms in total. The Morgan fingerprint density at radius 2 is 2.04 bits per heavy atom. The highest BCUT2D eigenvalue weighted by Crippen LogP contribution is 2.30. The first-order valence-electron chi connectivity index (χ1n) is 8.20. The minimum atomic E-state index is -3.58. The topological polar surface area (TPSA) is 78.5 Å². The van der Waals surface area contributed by atoms with E-state index < -0.39 is 10.0 Å². The smallest absolute Gasteiger partial charge is 0.246 e. The predicted octanol–water partition coefficient (Wildman–Crippen LogP) is 1.71. The van der Waals surface area contributed by atoms with Gasteiger partial charge in [0.25, 0.3) is 0 Å². The fourth-order valence-electron chi connectivity index (χ4n) is 3.33. The van der Waals surface area contributed by atoms with Gasteiger partial charge in [-0.3, -0.25) is 10.00 Å². The fourth-order valence-corrected chi connectivity index (χ4v) is 5.09. The van der Waals surface area contributed by atoms with Crippen molar-refractivity contribution in [2.24, 2.45) is 0 Å². The van der Waals surface area contributed by atoms with E-state index >= 15 is 0 Å². The number of benzene rings is 1. The van der Waals surface area contributed by atoms with Crippen LogP contribution in [0.5, 0.6) is 5.75 Å². The average molecular weight is 364 g/mol. The lowest BCUT2D eigenvalue weighted by molar-refractivity contribution is 0.148. The summed E-state index contributed by atoms with van der Waals surface area (Å²) in [6.45, 7) is 4.98. The van der Waals surface area contributed by atoms with Crippen LogP contribution in [-0.2, 0) is 10.0 Å². The summed E-state index contributed by atoms with van der Waals surface area (Å²) in [6, 6.07) is 7.77. The summed E-state index contributed by atoms with van der Waals surface area (Å²) in [4.78, 5) is 2.47. The van der Waals surface area contributed by atoms with Gasteiger partial charge in [0.1, 0.15) is 10.6 Å². The molecule has 1 fully saturated rings. The number of H-pyrrole nitrogens is 1. The molecule has 136 valence electrons. The predicted molar refractivity (Wildman–Crippen MR) is 95.2 cm³/mol. The fraction of sp³-hybridized carbons (Fsp3) is 0.471. The van der Waals surface area contributed by atoms with E-state index in [4.69, 9.17) is 4.74 Å². The molecule has 3 rings (SSSR count). The Morgan fingerprint density at radius 3 is 2.68 bits per heavy atom. The molecule has 1 aliphatic heterocycles. The maximum atomic E-state index is 13.1. The number of likely N-dealkylation sites (N-methyl/N-ethyl adjacent to an activating group) is 1. The number of piperazine rings is 1. The van der Waals surface area contributed by atoms with Crippen LogP contribution in [-0.4, -0.2) is 61.6 Å². The van der Waals surface area contributed by atoms with Crippen LogP contribution in [0, 0.1) is 13.8 Å². The average Bonchev–Trinajstić information content (AvgIpc) is 2.94. The largest absolute Gasteiger partial charge is 0.497 e. The number of aromatic nitrogens is 2. The van der Waals surface area contributed by atoms with Crippen LogP contribution >= 0.6 is 0 Å². The van der Waals surface area contributed by atoms with Crippen molar-refractivity contribution in [3.63, 3.8) is 0 Å². The van der Waals surface area contributed by atoms with Gasteiger partial charge >= 0.3 is 0 Å². The lowest BCUT2D eigenvalue weighted by atomic mass is 10.0. The maximum absolute atomic E-state index is 13.1. The van der Waals surface area contributed by atoms with E-state index in [-0.39, 0.29) is 6.04 Å². The Kier molecular flexibility index (Phi) is 4.86. The van der Waals surface area contributed by atoms with Crippen LogP contribution in [0.3, 0.4) is 0 Å². The Balaban J connectivity index is 1.92. The van der Waals surface area contributed by atoms with E-state index in [1.54, 1.807) is 25.3 Å². The minimum Gasteiger partial charge on any atom is -0.497 e. The van der Waals surface area contributed by atoms with E-state index in [1.165, 1.54) is 0 Å². The standard InChI is InChI=1S/C17H24N4O3S/c1-12-17(13(2)19-18-12)25(22,23)21-9-8-20(3)16(11-21)14-6-5-7-15(10-14)24-4/h5-7,10,16H,8-9,11H2,1-4H3,(H,18,19). The Bertz CT molecular complexity index is 843. The van der Waals surface area contributed by atoms with Gasteiger partial charge in [-0.2, -0.15) is 9.40 Å². The lowest BCUT2D eigenvalue weighted by Crippen LogP contribution is -2.49. The maximum Gasteiger partial charge on any atom is 0.246 e. The third-order valence-electron chi connectivity index (χ3n) is 4.75. The highest BCUT2D eigenvalue weighted by Gasteiger charge is 2.36. The molecule has 1 aromatic heterocycles. The number of methoxy groups -OCH3 is 1. The van der Waals surface area contributed by atoms with Gasteiger partial charge in [0, 0.05) is 25.7 Å². The number of nitrogens with one attached hydrogen (secondary N) is 1. The normalized spacial score (nSPS) is 19.9. The van der Waals surface area contributed by atoms with Crippen molar-refractivity contribution < 1.29 is 13.2 Å². The summed E-state index contributed by atoms with van der Waals surface area (Å²) in [5, 5.41) is 6.80. The monoisotopic (exact) mass is 364 g/mol. The van der Waals surface area contributed by atoms with Gasteiger partial charge in [0.15, 0.2) is 0 Å². The highest BCUT2D eigenvalue weighted by molar-refractivity contribution is 7.89. The van der Waals surface area contributed by atoms with Crippen molar-refractivity contribution in [3.05, 3.63) is 41.2 Å². The molecule has 1 aliphatic rings. The zero-order valence-electron chi connectivity index (χ0n) is 15.0. The Labute approximate surface area is 148 Å². The third kappa shape index (κ3) is 3.29. The molecule has 0 radical (unpaired) electrons. The molecule has 0 saturated carbocycles. The molecule has 0 aliphatic carbocycles. The number of rotatable bonds is 4. The van der Waals surface area contributed by atoms with Gasteiger partial charge in [-0.05, 0) is 38.6 Å². The second kappa shape index (κ2) is 6.78. The van der Waals surface area contributed by atoms with Crippen LogP contribution in [0.2, 0.25) is 0 Å². The summed E-state index contributed by atoms with van der Waals surface area (Å²) in [6.07, 6.45) is 0. The highest BCUT2D eigenvalue weighted by atomic mass is 32.2. The Hall–Kier alpha value is -1.90. The summed E-state index contributed by atoms with van der Waals surface area (Å²) in [7, 11) is 0.0678. The molecule has 2 heterocycles. The number of nitrogens with zero attached hydrogens (tertiary/aromatic N) is 3. The van der Waals surface area contributed by atoms with Gasteiger partial charge in [0.05, 0.1) is 18.5 Å². The van der Waals surface area contributed by atoms with Crippen molar-refractivity contribution in [2.75, 3.05) is 33.8 Å². The van der Waals surface area contributed by atoms with E-state index in [2.05, 4.69) is 15.1 Å².